The van der Waals surface area contributed by atoms with Gasteiger partial charge in [0.05, 0.1) is 32.9 Å². The SMILES string of the molecule is SC(c1ccc(Cl)cc1)c1nc2cc3ccccc3cc2nc1C(S)c1ccc(Cl)cc1. The summed E-state index contributed by atoms with van der Waals surface area (Å²) in [6, 6.07) is 27.7. The van der Waals surface area contributed by atoms with Gasteiger partial charge in [0.25, 0.3) is 0 Å². The summed E-state index contributed by atoms with van der Waals surface area (Å²) in [5.74, 6) is 0. The molecule has 158 valence electrons. The molecule has 0 aliphatic carbocycles. The lowest BCUT2D eigenvalue weighted by Crippen LogP contribution is -2.09. The highest BCUT2D eigenvalue weighted by Crippen LogP contribution is 2.38. The van der Waals surface area contributed by atoms with Crippen molar-refractivity contribution >= 4 is 70.3 Å². The van der Waals surface area contributed by atoms with Gasteiger partial charge in [-0.1, -0.05) is 71.7 Å². The van der Waals surface area contributed by atoms with E-state index in [1.807, 2.05) is 60.7 Å². The standard InChI is InChI=1S/C26H18Cl2N2S2/c27-19-9-5-15(6-10-19)25(31)23-24(26(32)16-7-11-20(28)12-8-16)30-22-14-18-4-2-1-3-17(18)13-21(22)29-23/h1-14,25-26,31-32H. The van der Waals surface area contributed by atoms with Crippen LogP contribution in [0.5, 0.6) is 0 Å². The fourth-order valence-electron chi connectivity index (χ4n) is 3.78. The Morgan fingerprint density at radius 1 is 0.562 bits per heavy atom. The Bertz CT molecular complexity index is 1310. The summed E-state index contributed by atoms with van der Waals surface area (Å²) in [5, 5.41) is 3.03. The second-order valence-corrected chi connectivity index (χ2v) is 9.50. The Morgan fingerprint density at radius 3 is 1.31 bits per heavy atom. The summed E-state index contributed by atoms with van der Waals surface area (Å²) in [6.07, 6.45) is 0. The number of benzene rings is 4. The van der Waals surface area contributed by atoms with Gasteiger partial charge in [-0.2, -0.15) is 25.3 Å². The van der Waals surface area contributed by atoms with E-state index in [4.69, 9.17) is 58.4 Å². The van der Waals surface area contributed by atoms with Crippen molar-refractivity contribution in [2.75, 3.05) is 0 Å². The maximum Gasteiger partial charge on any atom is 0.0897 e. The third kappa shape index (κ3) is 4.20. The number of aromatic nitrogens is 2. The molecule has 2 unspecified atom stereocenters. The van der Waals surface area contributed by atoms with Crippen LogP contribution < -0.4 is 0 Å². The molecule has 0 radical (unpaired) electrons. The van der Waals surface area contributed by atoms with Crippen LogP contribution in [0.25, 0.3) is 21.8 Å². The van der Waals surface area contributed by atoms with Crippen LogP contribution in [0.2, 0.25) is 10.0 Å². The number of rotatable bonds is 4. The zero-order valence-electron chi connectivity index (χ0n) is 16.8. The highest BCUT2D eigenvalue weighted by Gasteiger charge is 2.23. The Labute approximate surface area is 207 Å². The Morgan fingerprint density at radius 2 is 0.938 bits per heavy atom. The first-order valence-corrected chi connectivity index (χ1v) is 11.9. The van der Waals surface area contributed by atoms with E-state index in [-0.39, 0.29) is 10.5 Å². The summed E-state index contributed by atoms with van der Waals surface area (Å²) in [7, 11) is 0. The van der Waals surface area contributed by atoms with Crippen LogP contribution >= 0.6 is 48.5 Å². The minimum atomic E-state index is -0.285. The molecule has 0 fully saturated rings. The predicted molar refractivity (Wildman–Crippen MR) is 142 cm³/mol. The lowest BCUT2D eigenvalue weighted by molar-refractivity contribution is 0.951. The molecule has 5 rings (SSSR count). The first-order valence-electron chi connectivity index (χ1n) is 10.1. The predicted octanol–water partition coefficient (Wildman–Crippen LogP) is 8.13. The van der Waals surface area contributed by atoms with Crippen LogP contribution in [0.15, 0.2) is 84.9 Å². The molecule has 4 aromatic carbocycles. The highest BCUT2D eigenvalue weighted by atomic mass is 35.5. The maximum absolute atomic E-state index is 6.09. The molecule has 0 spiro atoms. The second kappa shape index (κ2) is 8.95. The van der Waals surface area contributed by atoms with Crippen molar-refractivity contribution in [3.05, 3.63) is 117 Å². The lowest BCUT2D eigenvalue weighted by atomic mass is 10.0. The minimum Gasteiger partial charge on any atom is -0.248 e. The van der Waals surface area contributed by atoms with Crippen LogP contribution in [0.1, 0.15) is 33.0 Å². The molecule has 2 nitrogen and oxygen atoms in total. The summed E-state index contributed by atoms with van der Waals surface area (Å²) >= 11 is 22.1. The Kier molecular flexibility index (Phi) is 6.04. The third-order valence-electron chi connectivity index (χ3n) is 5.48. The average molecular weight is 493 g/mol. The largest absolute Gasteiger partial charge is 0.248 e. The van der Waals surface area contributed by atoms with Crippen molar-refractivity contribution in [3.63, 3.8) is 0 Å². The van der Waals surface area contributed by atoms with Gasteiger partial charge in [0.1, 0.15) is 0 Å². The molecule has 32 heavy (non-hydrogen) atoms. The molecule has 6 heteroatoms. The van der Waals surface area contributed by atoms with Gasteiger partial charge in [-0.15, -0.1) is 0 Å². The first kappa shape index (κ1) is 21.6. The topological polar surface area (TPSA) is 25.8 Å². The molecular formula is C26H18Cl2N2S2. The number of halogens is 2. The average Bonchev–Trinajstić information content (AvgIpc) is 2.82. The summed E-state index contributed by atoms with van der Waals surface area (Å²) in [6.45, 7) is 0. The summed E-state index contributed by atoms with van der Waals surface area (Å²) in [4.78, 5) is 10.1. The molecule has 5 aromatic rings. The highest BCUT2D eigenvalue weighted by molar-refractivity contribution is 7.81. The van der Waals surface area contributed by atoms with Crippen molar-refractivity contribution in [2.24, 2.45) is 0 Å². The molecule has 1 heterocycles. The van der Waals surface area contributed by atoms with Gasteiger partial charge in [0.15, 0.2) is 0 Å². The normalized spacial score (nSPS) is 13.4. The second-order valence-electron chi connectivity index (χ2n) is 7.59. The van der Waals surface area contributed by atoms with Crippen LogP contribution in [-0.4, -0.2) is 9.97 Å². The number of thiol groups is 2. The van der Waals surface area contributed by atoms with Gasteiger partial charge in [0, 0.05) is 10.0 Å². The molecule has 1 aromatic heterocycles. The van der Waals surface area contributed by atoms with E-state index in [0.29, 0.717) is 10.0 Å². The quantitative estimate of drug-likeness (QED) is 0.195. The molecular weight excluding hydrogens is 475 g/mol. The molecule has 0 bridgehead atoms. The summed E-state index contributed by atoms with van der Waals surface area (Å²) in [5.41, 5.74) is 5.18. The molecule has 0 aliphatic heterocycles. The minimum absolute atomic E-state index is 0.285. The van der Waals surface area contributed by atoms with E-state index in [9.17, 15) is 0 Å². The van der Waals surface area contributed by atoms with E-state index in [1.165, 1.54) is 0 Å². The summed E-state index contributed by atoms with van der Waals surface area (Å²) < 4.78 is 0. The number of nitrogens with zero attached hydrogens (tertiary/aromatic N) is 2. The molecule has 0 N–H and O–H groups in total. The zero-order chi connectivity index (χ0) is 22.2. The van der Waals surface area contributed by atoms with Crippen LogP contribution in [-0.2, 0) is 0 Å². The lowest BCUT2D eigenvalue weighted by Gasteiger charge is -2.20. The van der Waals surface area contributed by atoms with E-state index >= 15 is 0 Å². The van der Waals surface area contributed by atoms with Crippen molar-refractivity contribution in [3.8, 4) is 0 Å². The number of hydrogen-bond donors (Lipinski definition) is 2. The van der Waals surface area contributed by atoms with Crippen LogP contribution in [0.4, 0.5) is 0 Å². The fourth-order valence-corrected chi connectivity index (χ4v) is 4.75. The smallest absolute Gasteiger partial charge is 0.0897 e. The van der Waals surface area contributed by atoms with E-state index < -0.39 is 0 Å². The van der Waals surface area contributed by atoms with E-state index in [1.54, 1.807) is 0 Å². The molecule has 0 saturated heterocycles. The van der Waals surface area contributed by atoms with Gasteiger partial charge in [-0.25, -0.2) is 9.97 Å². The van der Waals surface area contributed by atoms with Gasteiger partial charge in [0.2, 0.25) is 0 Å². The van der Waals surface area contributed by atoms with Gasteiger partial charge in [-0.3, -0.25) is 0 Å². The van der Waals surface area contributed by atoms with Gasteiger partial charge in [-0.05, 0) is 58.3 Å². The van der Waals surface area contributed by atoms with E-state index in [2.05, 4.69) is 24.3 Å². The van der Waals surface area contributed by atoms with Crippen LogP contribution in [0.3, 0.4) is 0 Å². The van der Waals surface area contributed by atoms with Crippen molar-refractivity contribution < 1.29 is 0 Å². The van der Waals surface area contributed by atoms with E-state index in [0.717, 1.165) is 44.3 Å². The monoisotopic (exact) mass is 492 g/mol. The third-order valence-corrected chi connectivity index (χ3v) is 7.07. The molecule has 0 amide bonds. The van der Waals surface area contributed by atoms with Crippen molar-refractivity contribution in [2.45, 2.75) is 10.5 Å². The molecule has 0 aliphatic rings. The Balaban J connectivity index is 1.72. The first-order chi connectivity index (χ1) is 15.5. The molecule has 0 saturated carbocycles. The van der Waals surface area contributed by atoms with Crippen molar-refractivity contribution in [1.29, 1.82) is 0 Å². The zero-order valence-corrected chi connectivity index (χ0v) is 20.1. The van der Waals surface area contributed by atoms with Crippen LogP contribution in [0, 0.1) is 0 Å². The van der Waals surface area contributed by atoms with Crippen molar-refractivity contribution in [1.82, 2.24) is 9.97 Å². The molecule has 2 atom stereocenters. The number of fused-ring (bicyclic) bond motifs is 2. The van der Waals surface area contributed by atoms with Gasteiger partial charge >= 0.3 is 0 Å². The Hall–Kier alpha value is -2.24. The fraction of sp³-hybridized carbons (Fsp3) is 0.0769. The maximum atomic E-state index is 6.09. The number of hydrogen-bond acceptors (Lipinski definition) is 4. The van der Waals surface area contributed by atoms with Gasteiger partial charge < -0.3 is 0 Å².